The number of alkyl halides is 1. The van der Waals surface area contributed by atoms with Gasteiger partial charge in [-0.25, -0.2) is 5.43 Å². The summed E-state index contributed by atoms with van der Waals surface area (Å²) in [7, 11) is 0. The summed E-state index contributed by atoms with van der Waals surface area (Å²) in [5.74, 6) is 0.0927. The van der Waals surface area contributed by atoms with Crippen LogP contribution in [0.25, 0.3) is 0 Å². The SMILES string of the molecule is CC(C)C1NNC(C(=O)Nc2cccc(NC(=O)c3cccs3)c2)C1Br. The van der Waals surface area contributed by atoms with E-state index in [0.29, 0.717) is 22.2 Å². The predicted octanol–water partition coefficient (Wildman–Crippen LogP) is 3.20. The number of hydrogen-bond acceptors (Lipinski definition) is 5. The first kappa shape index (κ1) is 19.0. The number of rotatable bonds is 5. The smallest absolute Gasteiger partial charge is 0.265 e. The molecule has 2 heterocycles. The Morgan fingerprint density at radius 3 is 2.46 bits per heavy atom. The van der Waals surface area contributed by atoms with Gasteiger partial charge in [0.05, 0.1) is 9.70 Å². The molecule has 2 amide bonds. The van der Waals surface area contributed by atoms with Gasteiger partial charge < -0.3 is 10.6 Å². The summed E-state index contributed by atoms with van der Waals surface area (Å²) in [4.78, 5) is 25.4. The zero-order valence-electron chi connectivity index (χ0n) is 14.5. The molecular weight excluding hydrogens is 416 g/mol. The van der Waals surface area contributed by atoms with E-state index < -0.39 is 0 Å². The van der Waals surface area contributed by atoms with E-state index in [2.05, 4.69) is 51.3 Å². The molecule has 8 heteroatoms. The van der Waals surface area contributed by atoms with Crippen LogP contribution in [0, 0.1) is 5.92 Å². The Hall–Kier alpha value is -1.74. The van der Waals surface area contributed by atoms with Crippen LogP contribution >= 0.6 is 27.3 Å². The highest BCUT2D eigenvalue weighted by Crippen LogP contribution is 2.23. The van der Waals surface area contributed by atoms with Gasteiger partial charge >= 0.3 is 0 Å². The minimum absolute atomic E-state index is 0.00999. The molecule has 1 saturated heterocycles. The summed E-state index contributed by atoms with van der Waals surface area (Å²) < 4.78 is 0. The van der Waals surface area contributed by atoms with Crippen molar-refractivity contribution < 1.29 is 9.59 Å². The van der Waals surface area contributed by atoms with E-state index in [-0.39, 0.29) is 28.7 Å². The van der Waals surface area contributed by atoms with Crippen molar-refractivity contribution in [2.24, 2.45) is 5.92 Å². The average molecular weight is 437 g/mol. The molecule has 1 aliphatic rings. The van der Waals surface area contributed by atoms with Gasteiger partial charge in [0.15, 0.2) is 0 Å². The minimum atomic E-state index is -0.383. The van der Waals surface area contributed by atoms with Gasteiger partial charge in [0.1, 0.15) is 6.04 Å². The van der Waals surface area contributed by atoms with Crippen molar-refractivity contribution in [2.75, 3.05) is 10.6 Å². The van der Waals surface area contributed by atoms with Crippen molar-refractivity contribution in [3.05, 3.63) is 46.7 Å². The van der Waals surface area contributed by atoms with E-state index in [1.54, 1.807) is 30.3 Å². The van der Waals surface area contributed by atoms with Gasteiger partial charge in [-0.1, -0.05) is 41.9 Å². The standard InChI is InChI=1S/C18H21BrN4O2S/c1-10(2)15-14(19)16(23-22-15)18(25)21-12-6-3-5-11(9-12)20-17(24)13-7-4-8-26-13/h3-10,14-16,22-23H,1-2H3,(H,20,24)(H,21,25). The molecule has 0 aliphatic carbocycles. The van der Waals surface area contributed by atoms with Crippen LogP contribution in [0.2, 0.25) is 0 Å². The van der Waals surface area contributed by atoms with E-state index in [0.717, 1.165) is 0 Å². The van der Waals surface area contributed by atoms with Crippen LogP contribution in [0.15, 0.2) is 41.8 Å². The van der Waals surface area contributed by atoms with Gasteiger partial charge in [-0.3, -0.25) is 15.0 Å². The predicted molar refractivity (Wildman–Crippen MR) is 109 cm³/mol. The summed E-state index contributed by atoms with van der Waals surface area (Å²) in [6.45, 7) is 4.21. The van der Waals surface area contributed by atoms with Crippen LogP contribution in [-0.2, 0) is 4.79 Å². The highest BCUT2D eigenvalue weighted by atomic mass is 79.9. The molecule has 0 spiro atoms. The van der Waals surface area contributed by atoms with Crippen LogP contribution < -0.4 is 21.5 Å². The lowest BCUT2D eigenvalue weighted by atomic mass is 9.99. The van der Waals surface area contributed by atoms with Gasteiger partial charge in [0.2, 0.25) is 5.91 Å². The zero-order chi connectivity index (χ0) is 18.7. The van der Waals surface area contributed by atoms with E-state index in [9.17, 15) is 9.59 Å². The van der Waals surface area contributed by atoms with Gasteiger partial charge in [0.25, 0.3) is 5.91 Å². The lowest BCUT2D eigenvalue weighted by Crippen LogP contribution is -2.42. The van der Waals surface area contributed by atoms with E-state index >= 15 is 0 Å². The molecule has 26 heavy (non-hydrogen) atoms. The number of carbonyl (C=O) groups excluding carboxylic acids is 2. The Labute approximate surface area is 164 Å². The minimum Gasteiger partial charge on any atom is -0.325 e. The number of halogens is 1. The van der Waals surface area contributed by atoms with Crippen molar-refractivity contribution in [2.45, 2.75) is 30.8 Å². The van der Waals surface area contributed by atoms with Crippen molar-refractivity contribution in [3.63, 3.8) is 0 Å². The largest absolute Gasteiger partial charge is 0.325 e. The molecule has 6 nitrogen and oxygen atoms in total. The van der Waals surface area contributed by atoms with E-state index in [1.807, 2.05) is 11.4 Å². The van der Waals surface area contributed by atoms with Crippen LogP contribution in [0.4, 0.5) is 11.4 Å². The molecule has 3 unspecified atom stereocenters. The highest BCUT2D eigenvalue weighted by Gasteiger charge is 2.39. The van der Waals surface area contributed by atoms with Crippen LogP contribution in [0.1, 0.15) is 23.5 Å². The summed E-state index contributed by atoms with van der Waals surface area (Å²) in [5.41, 5.74) is 7.47. The van der Waals surface area contributed by atoms with Gasteiger partial charge in [-0.2, -0.15) is 0 Å². The van der Waals surface area contributed by atoms with Gasteiger partial charge in [0, 0.05) is 17.4 Å². The third-order valence-corrected chi connectivity index (χ3v) is 6.17. The van der Waals surface area contributed by atoms with Crippen LogP contribution in [0.3, 0.4) is 0 Å². The van der Waals surface area contributed by atoms with Crippen LogP contribution in [0.5, 0.6) is 0 Å². The van der Waals surface area contributed by atoms with Crippen molar-refractivity contribution in [3.8, 4) is 0 Å². The normalized spacial score (nSPS) is 22.4. The van der Waals surface area contributed by atoms with Gasteiger partial charge in [-0.15, -0.1) is 11.3 Å². The number of carbonyl (C=O) groups is 2. The zero-order valence-corrected chi connectivity index (χ0v) is 16.9. The maximum absolute atomic E-state index is 12.6. The van der Waals surface area contributed by atoms with Crippen molar-refractivity contribution in [1.82, 2.24) is 10.9 Å². The molecule has 3 rings (SSSR count). The number of anilines is 2. The fraction of sp³-hybridized carbons (Fsp3) is 0.333. The first-order valence-corrected chi connectivity index (χ1v) is 10.2. The summed E-state index contributed by atoms with van der Waals surface area (Å²) in [6.07, 6.45) is 0. The number of hydrazine groups is 1. The third-order valence-electron chi connectivity index (χ3n) is 4.20. The topological polar surface area (TPSA) is 82.3 Å². The second kappa shape index (κ2) is 8.30. The highest BCUT2D eigenvalue weighted by molar-refractivity contribution is 9.09. The quantitative estimate of drug-likeness (QED) is 0.542. The molecule has 1 aliphatic heterocycles. The molecule has 0 radical (unpaired) electrons. The fourth-order valence-electron chi connectivity index (χ4n) is 2.79. The molecule has 2 aromatic rings. The Balaban J connectivity index is 1.63. The summed E-state index contributed by atoms with van der Waals surface area (Å²) in [5, 5.41) is 7.60. The summed E-state index contributed by atoms with van der Waals surface area (Å²) in [6, 6.07) is 10.5. The molecule has 0 saturated carbocycles. The molecular formula is C18H21BrN4O2S. The molecule has 3 atom stereocenters. The average Bonchev–Trinajstić information content (AvgIpc) is 3.24. The Morgan fingerprint density at radius 2 is 1.85 bits per heavy atom. The molecule has 1 fully saturated rings. The van der Waals surface area contributed by atoms with E-state index in [4.69, 9.17) is 0 Å². The second-order valence-electron chi connectivity index (χ2n) is 6.48. The Bertz CT molecular complexity index is 781. The molecule has 138 valence electrons. The first-order valence-electron chi connectivity index (χ1n) is 8.36. The molecule has 1 aromatic carbocycles. The fourth-order valence-corrected chi connectivity index (χ4v) is 4.53. The second-order valence-corrected chi connectivity index (χ2v) is 8.49. The molecule has 1 aromatic heterocycles. The third kappa shape index (κ3) is 4.32. The van der Waals surface area contributed by atoms with E-state index in [1.165, 1.54) is 11.3 Å². The number of hydrogen-bond donors (Lipinski definition) is 4. The number of amides is 2. The molecule has 0 bridgehead atoms. The number of benzene rings is 1. The summed E-state index contributed by atoms with van der Waals surface area (Å²) >= 11 is 5.00. The Morgan fingerprint density at radius 1 is 1.12 bits per heavy atom. The Kier molecular flexibility index (Phi) is 6.08. The first-order chi connectivity index (χ1) is 12.5. The van der Waals surface area contributed by atoms with Crippen LogP contribution in [-0.4, -0.2) is 28.7 Å². The monoisotopic (exact) mass is 436 g/mol. The maximum atomic E-state index is 12.6. The lowest BCUT2D eigenvalue weighted by molar-refractivity contribution is -0.117. The van der Waals surface area contributed by atoms with Crippen molar-refractivity contribution in [1.29, 1.82) is 0 Å². The van der Waals surface area contributed by atoms with Crippen molar-refractivity contribution >= 4 is 50.5 Å². The lowest BCUT2D eigenvalue weighted by Gasteiger charge is -2.19. The van der Waals surface area contributed by atoms with Gasteiger partial charge in [-0.05, 0) is 35.6 Å². The maximum Gasteiger partial charge on any atom is 0.265 e. The molecule has 4 N–H and O–H groups in total. The number of nitrogens with one attached hydrogen (secondary N) is 4. The number of thiophene rings is 1.